The molecule has 6 heteroatoms. The standard InChI is InChI=1S/C15H20N4OS/c1-15(2)5-6-19(9-15)8-13(20)18-14-17-11-4-3-10(16)7-12(11)21-14/h3-4,7H,5-6,8-9,16H2,1-2H3,(H,17,18,20). The lowest BCUT2D eigenvalue weighted by Gasteiger charge is -2.18. The van der Waals surface area contributed by atoms with Crippen molar-refractivity contribution in [2.24, 2.45) is 5.41 Å². The molecular formula is C15H20N4OS. The van der Waals surface area contributed by atoms with Crippen molar-refractivity contribution in [2.45, 2.75) is 20.3 Å². The summed E-state index contributed by atoms with van der Waals surface area (Å²) in [4.78, 5) is 18.7. The second-order valence-electron chi connectivity index (χ2n) is 6.42. The number of benzene rings is 1. The molecule has 0 saturated carbocycles. The normalized spacial score (nSPS) is 18.2. The van der Waals surface area contributed by atoms with Crippen molar-refractivity contribution in [1.82, 2.24) is 9.88 Å². The number of nitrogens with two attached hydrogens (primary N) is 1. The molecule has 112 valence electrons. The lowest BCUT2D eigenvalue weighted by Crippen LogP contribution is -2.32. The molecule has 0 bridgehead atoms. The van der Waals surface area contributed by atoms with Crippen molar-refractivity contribution in [2.75, 3.05) is 30.7 Å². The molecule has 3 N–H and O–H groups in total. The van der Waals surface area contributed by atoms with Crippen molar-refractivity contribution in [3.05, 3.63) is 18.2 Å². The van der Waals surface area contributed by atoms with Gasteiger partial charge in [0.15, 0.2) is 5.13 Å². The van der Waals surface area contributed by atoms with Crippen LogP contribution in [0.1, 0.15) is 20.3 Å². The number of likely N-dealkylation sites (tertiary alicyclic amines) is 1. The van der Waals surface area contributed by atoms with Crippen LogP contribution >= 0.6 is 11.3 Å². The summed E-state index contributed by atoms with van der Waals surface area (Å²) in [7, 11) is 0. The zero-order valence-electron chi connectivity index (χ0n) is 12.3. The molecule has 1 amide bonds. The predicted octanol–water partition coefficient (Wildman–Crippen LogP) is 2.55. The second kappa shape index (κ2) is 5.27. The van der Waals surface area contributed by atoms with Crippen LogP contribution in [0.2, 0.25) is 0 Å². The van der Waals surface area contributed by atoms with Crippen LogP contribution in [0, 0.1) is 5.41 Å². The third kappa shape index (κ3) is 3.33. The van der Waals surface area contributed by atoms with Gasteiger partial charge >= 0.3 is 0 Å². The van der Waals surface area contributed by atoms with E-state index in [1.165, 1.54) is 11.3 Å². The summed E-state index contributed by atoms with van der Waals surface area (Å²) in [6.45, 7) is 6.86. The van der Waals surface area contributed by atoms with Crippen molar-refractivity contribution >= 4 is 38.3 Å². The molecule has 21 heavy (non-hydrogen) atoms. The fraction of sp³-hybridized carbons (Fsp3) is 0.467. The van der Waals surface area contributed by atoms with Gasteiger partial charge in [0.2, 0.25) is 5.91 Å². The average Bonchev–Trinajstić information content (AvgIpc) is 2.91. The highest BCUT2D eigenvalue weighted by atomic mass is 32.1. The van der Waals surface area contributed by atoms with Crippen LogP contribution in [0.15, 0.2) is 18.2 Å². The maximum Gasteiger partial charge on any atom is 0.240 e. The van der Waals surface area contributed by atoms with Gasteiger partial charge in [-0.1, -0.05) is 25.2 Å². The average molecular weight is 304 g/mol. The molecule has 5 nitrogen and oxygen atoms in total. The van der Waals surface area contributed by atoms with Gasteiger partial charge in [-0.15, -0.1) is 0 Å². The van der Waals surface area contributed by atoms with Crippen molar-refractivity contribution in [1.29, 1.82) is 0 Å². The first-order valence-corrected chi connectivity index (χ1v) is 7.91. The van der Waals surface area contributed by atoms with Gasteiger partial charge in [-0.25, -0.2) is 4.98 Å². The van der Waals surface area contributed by atoms with Gasteiger partial charge < -0.3 is 11.1 Å². The highest BCUT2D eigenvalue weighted by Gasteiger charge is 2.30. The van der Waals surface area contributed by atoms with Crippen LogP contribution in [-0.4, -0.2) is 35.4 Å². The Kier molecular flexibility index (Phi) is 3.59. The third-order valence-electron chi connectivity index (χ3n) is 3.78. The largest absolute Gasteiger partial charge is 0.399 e. The van der Waals surface area contributed by atoms with Gasteiger partial charge in [-0.2, -0.15) is 0 Å². The fourth-order valence-electron chi connectivity index (χ4n) is 2.72. The van der Waals surface area contributed by atoms with E-state index in [9.17, 15) is 4.79 Å². The van der Waals surface area contributed by atoms with Crippen LogP contribution in [0.5, 0.6) is 0 Å². The molecule has 3 rings (SSSR count). The summed E-state index contributed by atoms with van der Waals surface area (Å²) in [6.07, 6.45) is 1.14. The molecule has 2 aromatic rings. The second-order valence-corrected chi connectivity index (χ2v) is 7.45. The SMILES string of the molecule is CC1(C)CCN(CC(=O)Nc2nc3ccc(N)cc3s2)C1. The Hall–Kier alpha value is -1.66. The van der Waals surface area contributed by atoms with Crippen molar-refractivity contribution in [3.8, 4) is 0 Å². The quantitative estimate of drug-likeness (QED) is 0.855. The molecule has 2 heterocycles. The van der Waals surface area contributed by atoms with Crippen LogP contribution in [0.25, 0.3) is 10.2 Å². The molecule has 1 aliphatic heterocycles. The van der Waals surface area contributed by atoms with E-state index in [-0.39, 0.29) is 5.91 Å². The van der Waals surface area contributed by atoms with Gasteiger partial charge in [0.05, 0.1) is 16.8 Å². The smallest absolute Gasteiger partial charge is 0.240 e. The fourth-order valence-corrected chi connectivity index (χ4v) is 3.65. The number of hydrogen-bond acceptors (Lipinski definition) is 5. The maximum absolute atomic E-state index is 12.1. The highest BCUT2D eigenvalue weighted by molar-refractivity contribution is 7.22. The minimum atomic E-state index is -0.000252. The lowest BCUT2D eigenvalue weighted by atomic mass is 9.93. The number of nitrogens with one attached hydrogen (secondary N) is 1. The molecule has 0 atom stereocenters. The van der Waals surface area contributed by atoms with Gasteiger partial charge in [0.25, 0.3) is 0 Å². The number of nitrogen functional groups attached to an aromatic ring is 1. The number of thiazole rings is 1. The molecule has 1 aromatic carbocycles. The molecule has 0 spiro atoms. The van der Waals surface area contributed by atoms with E-state index in [1.807, 2.05) is 18.2 Å². The zero-order chi connectivity index (χ0) is 15.0. The Balaban J connectivity index is 1.63. The summed E-state index contributed by atoms with van der Waals surface area (Å²) < 4.78 is 0.993. The summed E-state index contributed by atoms with van der Waals surface area (Å²) in [6, 6.07) is 5.57. The third-order valence-corrected chi connectivity index (χ3v) is 4.72. The van der Waals surface area contributed by atoms with Crippen LogP contribution in [0.4, 0.5) is 10.8 Å². The zero-order valence-corrected chi connectivity index (χ0v) is 13.2. The van der Waals surface area contributed by atoms with Crippen LogP contribution < -0.4 is 11.1 Å². The number of rotatable bonds is 3. The molecule has 0 unspecified atom stereocenters. The molecule has 0 radical (unpaired) electrons. The van der Waals surface area contributed by atoms with E-state index in [0.29, 0.717) is 22.8 Å². The molecule has 1 aromatic heterocycles. The number of amides is 1. The van der Waals surface area contributed by atoms with Crippen molar-refractivity contribution < 1.29 is 4.79 Å². The molecule has 0 aliphatic carbocycles. The Morgan fingerprint density at radius 3 is 3.05 bits per heavy atom. The van der Waals surface area contributed by atoms with Gasteiger partial charge in [0, 0.05) is 12.2 Å². The number of carbonyl (C=O) groups is 1. The van der Waals surface area contributed by atoms with Gasteiger partial charge in [-0.05, 0) is 36.6 Å². The van der Waals surface area contributed by atoms with Crippen LogP contribution in [0.3, 0.4) is 0 Å². The number of aromatic nitrogens is 1. The summed E-state index contributed by atoms with van der Waals surface area (Å²) in [5, 5.41) is 3.53. The number of fused-ring (bicyclic) bond motifs is 1. The number of carbonyl (C=O) groups excluding carboxylic acids is 1. The first kappa shape index (κ1) is 14.3. The molecular weight excluding hydrogens is 284 g/mol. The van der Waals surface area contributed by atoms with E-state index in [0.717, 1.165) is 29.7 Å². The summed E-state index contributed by atoms with van der Waals surface area (Å²) in [5.41, 5.74) is 7.65. The Bertz CT molecular complexity index is 679. The van der Waals surface area contributed by atoms with Crippen molar-refractivity contribution in [3.63, 3.8) is 0 Å². The van der Waals surface area contributed by atoms with E-state index in [4.69, 9.17) is 5.73 Å². The lowest BCUT2D eigenvalue weighted by molar-refractivity contribution is -0.117. The molecule has 1 aliphatic rings. The van der Waals surface area contributed by atoms with Gasteiger partial charge in [0.1, 0.15) is 0 Å². The molecule has 1 saturated heterocycles. The number of nitrogens with zero attached hydrogens (tertiary/aromatic N) is 2. The topological polar surface area (TPSA) is 71.2 Å². The van der Waals surface area contributed by atoms with E-state index >= 15 is 0 Å². The van der Waals surface area contributed by atoms with E-state index in [2.05, 4.69) is 29.0 Å². The minimum Gasteiger partial charge on any atom is -0.399 e. The first-order chi connectivity index (χ1) is 9.91. The maximum atomic E-state index is 12.1. The predicted molar refractivity (Wildman–Crippen MR) is 87.5 cm³/mol. The van der Waals surface area contributed by atoms with E-state index < -0.39 is 0 Å². The molecule has 1 fully saturated rings. The monoisotopic (exact) mass is 304 g/mol. The Morgan fingerprint density at radius 2 is 2.33 bits per heavy atom. The van der Waals surface area contributed by atoms with E-state index in [1.54, 1.807) is 0 Å². The number of anilines is 2. The summed E-state index contributed by atoms with van der Waals surface area (Å²) >= 11 is 1.46. The van der Waals surface area contributed by atoms with Crippen LogP contribution in [-0.2, 0) is 4.79 Å². The Labute approximate surface area is 128 Å². The minimum absolute atomic E-state index is 0.000252. The highest BCUT2D eigenvalue weighted by Crippen LogP contribution is 2.29. The number of hydrogen-bond donors (Lipinski definition) is 2. The summed E-state index contributed by atoms with van der Waals surface area (Å²) in [5.74, 6) is -0.000252. The Morgan fingerprint density at radius 1 is 1.52 bits per heavy atom. The van der Waals surface area contributed by atoms with Gasteiger partial charge in [-0.3, -0.25) is 9.69 Å². The first-order valence-electron chi connectivity index (χ1n) is 7.10.